The third kappa shape index (κ3) is 2.94. The number of ether oxygens (including phenoxy) is 1. The predicted molar refractivity (Wildman–Crippen MR) is 58.8 cm³/mol. The number of nitrogens with one attached hydrogen (secondary N) is 1. The number of hydrazine groups is 1. The van der Waals surface area contributed by atoms with E-state index in [0.717, 1.165) is 19.4 Å². The Kier molecular flexibility index (Phi) is 5.45. The van der Waals surface area contributed by atoms with Gasteiger partial charge in [0.05, 0.1) is 6.10 Å². The molecule has 1 fully saturated rings. The van der Waals surface area contributed by atoms with Crippen molar-refractivity contribution in [2.75, 3.05) is 6.61 Å². The van der Waals surface area contributed by atoms with Crippen molar-refractivity contribution < 1.29 is 4.74 Å². The number of nitrogens with two attached hydrogens (primary N) is 1. The Hall–Kier alpha value is -0.120. The van der Waals surface area contributed by atoms with Crippen LogP contribution in [-0.2, 0) is 4.74 Å². The molecule has 3 unspecified atom stereocenters. The molecule has 0 aliphatic carbocycles. The van der Waals surface area contributed by atoms with Crippen LogP contribution < -0.4 is 11.3 Å². The Balaban J connectivity index is 2.41. The van der Waals surface area contributed by atoms with Crippen LogP contribution in [0.4, 0.5) is 0 Å². The maximum Gasteiger partial charge on any atom is 0.0616 e. The van der Waals surface area contributed by atoms with Crippen LogP contribution in [-0.4, -0.2) is 18.8 Å². The number of hydrogen-bond donors (Lipinski definition) is 2. The first kappa shape index (κ1) is 12.0. The van der Waals surface area contributed by atoms with E-state index in [1.54, 1.807) is 0 Å². The van der Waals surface area contributed by atoms with Gasteiger partial charge in [0.1, 0.15) is 0 Å². The first-order valence-electron chi connectivity index (χ1n) is 5.91. The van der Waals surface area contributed by atoms with Crippen LogP contribution in [0.2, 0.25) is 0 Å². The fourth-order valence-corrected chi connectivity index (χ4v) is 2.39. The first-order valence-corrected chi connectivity index (χ1v) is 5.91. The standard InChI is InChI=1S/C11H24N2O/c1-3-5-6-10(13-12)9-7-8-14-11(9)4-2/h9-11,13H,3-8,12H2,1-2H3. The SMILES string of the molecule is CCCCC(NN)C1CCOC1CC. The largest absolute Gasteiger partial charge is 0.378 e. The summed E-state index contributed by atoms with van der Waals surface area (Å²) in [5.74, 6) is 6.23. The highest BCUT2D eigenvalue weighted by atomic mass is 16.5. The fourth-order valence-electron chi connectivity index (χ4n) is 2.39. The Morgan fingerprint density at radius 3 is 2.86 bits per heavy atom. The summed E-state index contributed by atoms with van der Waals surface area (Å²) in [7, 11) is 0. The maximum atomic E-state index is 5.68. The van der Waals surface area contributed by atoms with E-state index in [1.165, 1.54) is 19.3 Å². The molecule has 1 heterocycles. The fraction of sp³-hybridized carbons (Fsp3) is 1.00. The molecule has 0 aromatic rings. The Labute approximate surface area is 87.4 Å². The first-order chi connectivity index (χ1) is 6.83. The van der Waals surface area contributed by atoms with Gasteiger partial charge < -0.3 is 4.74 Å². The zero-order valence-corrected chi connectivity index (χ0v) is 9.46. The van der Waals surface area contributed by atoms with Crippen molar-refractivity contribution >= 4 is 0 Å². The predicted octanol–water partition coefficient (Wildman–Crippen LogP) is 1.82. The third-order valence-corrected chi connectivity index (χ3v) is 3.26. The molecular weight excluding hydrogens is 176 g/mol. The Morgan fingerprint density at radius 2 is 2.29 bits per heavy atom. The topological polar surface area (TPSA) is 47.3 Å². The quantitative estimate of drug-likeness (QED) is 0.508. The molecular formula is C11H24N2O. The van der Waals surface area contributed by atoms with Gasteiger partial charge in [-0.05, 0) is 19.3 Å². The van der Waals surface area contributed by atoms with Crippen LogP contribution in [0.25, 0.3) is 0 Å². The molecule has 1 aliphatic heterocycles. The smallest absolute Gasteiger partial charge is 0.0616 e. The second kappa shape index (κ2) is 6.38. The summed E-state index contributed by atoms with van der Waals surface area (Å²) >= 11 is 0. The molecule has 0 amide bonds. The molecule has 3 nitrogen and oxygen atoms in total. The van der Waals surface area contributed by atoms with Crippen LogP contribution in [0.1, 0.15) is 46.0 Å². The van der Waals surface area contributed by atoms with Gasteiger partial charge in [-0.1, -0.05) is 26.7 Å². The molecule has 1 saturated heterocycles. The minimum Gasteiger partial charge on any atom is -0.378 e. The van der Waals surface area contributed by atoms with Gasteiger partial charge in [-0.15, -0.1) is 0 Å². The van der Waals surface area contributed by atoms with Crippen molar-refractivity contribution in [3.63, 3.8) is 0 Å². The molecule has 0 radical (unpaired) electrons. The van der Waals surface area contributed by atoms with Crippen molar-refractivity contribution in [2.24, 2.45) is 11.8 Å². The molecule has 84 valence electrons. The van der Waals surface area contributed by atoms with Crippen molar-refractivity contribution in [2.45, 2.75) is 58.1 Å². The highest BCUT2D eigenvalue weighted by Crippen LogP contribution is 2.28. The Morgan fingerprint density at radius 1 is 1.50 bits per heavy atom. The van der Waals surface area contributed by atoms with E-state index in [9.17, 15) is 0 Å². The van der Waals surface area contributed by atoms with Gasteiger partial charge in [-0.3, -0.25) is 11.3 Å². The molecule has 0 saturated carbocycles. The summed E-state index contributed by atoms with van der Waals surface area (Å²) in [6, 6.07) is 0.447. The lowest BCUT2D eigenvalue weighted by Crippen LogP contribution is -2.43. The molecule has 0 bridgehead atoms. The third-order valence-electron chi connectivity index (χ3n) is 3.26. The van der Waals surface area contributed by atoms with Gasteiger partial charge in [-0.25, -0.2) is 0 Å². The lowest BCUT2D eigenvalue weighted by Gasteiger charge is -2.26. The Bertz CT molecular complexity index is 152. The zero-order valence-electron chi connectivity index (χ0n) is 9.46. The maximum absolute atomic E-state index is 5.68. The normalized spacial score (nSPS) is 29.4. The molecule has 3 heteroatoms. The number of unbranched alkanes of at least 4 members (excludes halogenated alkanes) is 1. The van der Waals surface area contributed by atoms with Crippen molar-refractivity contribution in [1.82, 2.24) is 5.43 Å². The highest BCUT2D eigenvalue weighted by molar-refractivity contribution is 4.84. The minimum absolute atomic E-state index is 0.424. The van der Waals surface area contributed by atoms with Crippen molar-refractivity contribution in [3.8, 4) is 0 Å². The average Bonchev–Trinajstić information content (AvgIpc) is 2.67. The van der Waals surface area contributed by atoms with Crippen LogP contribution in [0.15, 0.2) is 0 Å². The van der Waals surface area contributed by atoms with Crippen LogP contribution in [0, 0.1) is 5.92 Å². The molecule has 1 rings (SSSR count). The van der Waals surface area contributed by atoms with Gasteiger partial charge in [0.25, 0.3) is 0 Å². The van der Waals surface area contributed by atoms with Gasteiger partial charge in [0, 0.05) is 18.6 Å². The van der Waals surface area contributed by atoms with E-state index < -0.39 is 0 Å². The number of hydrogen-bond acceptors (Lipinski definition) is 3. The molecule has 0 spiro atoms. The average molecular weight is 200 g/mol. The molecule has 3 N–H and O–H groups in total. The summed E-state index contributed by atoms with van der Waals surface area (Å²) in [6.45, 7) is 5.32. The van der Waals surface area contributed by atoms with E-state index >= 15 is 0 Å². The molecule has 3 atom stereocenters. The van der Waals surface area contributed by atoms with Crippen molar-refractivity contribution in [3.05, 3.63) is 0 Å². The second-order valence-electron chi connectivity index (χ2n) is 4.19. The molecule has 0 aromatic heterocycles. The summed E-state index contributed by atoms with van der Waals surface area (Å²) in [5, 5.41) is 0. The van der Waals surface area contributed by atoms with E-state index in [4.69, 9.17) is 10.6 Å². The minimum atomic E-state index is 0.424. The lowest BCUT2D eigenvalue weighted by atomic mass is 9.88. The van der Waals surface area contributed by atoms with Gasteiger partial charge in [0.15, 0.2) is 0 Å². The van der Waals surface area contributed by atoms with E-state index in [-0.39, 0.29) is 0 Å². The van der Waals surface area contributed by atoms with Gasteiger partial charge in [-0.2, -0.15) is 0 Å². The second-order valence-corrected chi connectivity index (χ2v) is 4.19. The summed E-state index contributed by atoms with van der Waals surface area (Å²) in [4.78, 5) is 0. The van der Waals surface area contributed by atoms with Crippen LogP contribution in [0.3, 0.4) is 0 Å². The summed E-state index contributed by atoms with van der Waals surface area (Å²) in [5.41, 5.74) is 2.96. The van der Waals surface area contributed by atoms with Crippen LogP contribution >= 0.6 is 0 Å². The van der Waals surface area contributed by atoms with Crippen LogP contribution in [0.5, 0.6) is 0 Å². The molecule has 0 aromatic carbocycles. The van der Waals surface area contributed by atoms with E-state index in [0.29, 0.717) is 18.1 Å². The van der Waals surface area contributed by atoms with Gasteiger partial charge in [0.2, 0.25) is 0 Å². The lowest BCUT2D eigenvalue weighted by molar-refractivity contribution is 0.0762. The monoisotopic (exact) mass is 200 g/mol. The van der Waals surface area contributed by atoms with E-state index in [1.807, 2.05) is 0 Å². The van der Waals surface area contributed by atoms with Crippen molar-refractivity contribution in [1.29, 1.82) is 0 Å². The highest BCUT2D eigenvalue weighted by Gasteiger charge is 2.32. The molecule has 14 heavy (non-hydrogen) atoms. The van der Waals surface area contributed by atoms with Gasteiger partial charge >= 0.3 is 0 Å². The number of rotatable bonds is 6. The molecule has 1 aliphatic rings. The zero-order chi connectivity index (χ0) is 10.4. The summed E-state index contributed by atoms with van der Waals surface area (Å²) < 4.78 is 5.68. The van der Waals surface area contributed by atoms with E-state index in [2.05, 4.69) is 19.3 Å². The summed E-state index contributed by atoms with van der Waals surface area (Å²) in [6.07, 6.45) is 6.36.